The summed E-state index contributed by atoms with van der Waals surface area (Å²) < 4.78 is 9.51. The molecule has 0 spiro atoms. The minimum Gasteiger partial charge on any atom is -0.476 e. The molecule has 17 heteroatoms. The van der Waals surface area contributed by atoms with E-state index in [1.54, 1.807) is 25.5 Å². The van der Waals surface area contributed by atoms with Crippen molar-refractivity contribution in [2.45, 2.75) is 20.8 Å². The number of nitrogens with zero attached hydrogens (tertiary/aromatic N) is 3. The van der Waals surface area contributed by atoms with E-state index >= 15 is 0 Å². The molecule has 0 aliphatic rings. The minimum absolute atomic E-state index is 0. The fourth-order valence-corrected chi connectivity index (χ4v) is 0.921. The van der Waals surface area contributed by atoms with Crippen LogP contribution in [0.4, 0.5) is 0 Å². The molecule has 0 saturated carbocycles. The molecule has 0 atom stereocenters. The number of aryl methyl sites for hydroxylation is 2. The molecule has 0 radical (unpaired) electrons. The number of hydrogen-bond donors (Lipinski definition) is 4. The Kier molecular flexibility index (Phi) is 26.8. The number of halogens is 4. The number of aliphatic carboxylic acids is 1. The molecule has 0 unspecified atom stereocenters. The number of carboxylic acid groups (broad SMARTS) is 1. The first kappa shape index (κ1) is 37.8. The molecule has 2 aromatic heterocycles. The number of carboxylic acids is 1. The van der Waals surface area contributed by atoms with Crippen LogP contribution in [-0.2, 0) is 35.2 Å². The quantitative estimate of drug-likeness (QED) is 0.251. The van der Waals surface area contributed by atoms with Crippen LogP contribution >= 0.6 is 50.5 Å². The van der Waals surface area contributed by atoms with Crippen LogP contribution in [0.3, 0.4) is 0 Å². The molecular weight excluding hydrogens is 701 g/mol. The Morgan fingerprint density at radius 1 is 1.03 bits per heavy atom. The van der Waals surface area contributed by atoms with Crippen LogP contribution < -0.4 is 17.0 Å². The van der Waals surface area contributed by atoms with Crippen molar-refractivity contribution in [2.75, 3.05) is 0 Å². The summed E-state index contributed by atoms with van der Waals surface area (Å²) in [6.45, 7) is 4.48. The third-order valence-electron chi connectivity index (χ3n) is 2.12. The molecule has 0 saturated heterocycles. The number of H-pyrrole nitrogens is 1. The molecule has 2 heterocycles. The van der Waals surface area contributed by atoms with Crippen molar-refractivity contribution in [3.05, 3.63) is 64.1 Å². The van der Waals surface area contributed by atoms with Gasteiger partial charge in [-0.3, -0.25) is 24.1 Å². The average Bonchev–Trinajstić information content (AvgIpc) is 2.66. The van der Waals surface area contributed by atoms with Crippen molar-refractivity contribution < 1.29 is 40.3 Å². The number of rotatable bonds is 1. The van der Waals surface area contributed by atoms with Crippen LogP contribution in [0.1, 0.15) is 18.3 Å². The van der Waals surface area contributed by atoms with E-state index in [2.05, 4.69) is 53.7 Å². The Hall–Kier alpha value is -1.48. The maximum Gasteiger partial charge on any atom is 0.371 e. The molecule has 0 fully saturated rings. The molecule has 2 rings (SSSR count). The van der Waals surface area contributed by atoms with Gasteiger partial charge >= 0.3 is 11.2 Å². The number of carbonyl (C=O) groups is 2. The fraction of sp³-hybridized carbons (Fsp3) is 0.200. The number of nitrogens with two attached hydrogens (primary N) is 2. The zero-order valence-corrected chi connectivity index (χ0v) is 23.8. The molecule has 0 aromatic carbocycles. The van der Waals surface area contributed by atoms with E-state index in [-0.39, 0.29) is 26.6 Å². The van der Waals surface area contributed by atoms with Crippen molar-refractivity contribution >= 4 is 62.3 Å². The molecule has 0 bridgehead atoms. The fourth-order valence-electron chi connectivity index (χ4n) is 0.816. The Morgan fingerprint density at radius 3 is 1.59 bits per heavy atom. The Morgan fingerprint density at radius 2 is 1.41 bits per heavy atom. The van der Waals surface area contributed by atoms with Crippen molar-refractivity contribution in [1.82, 2.24) is 19.9 Å². The minimum atomic E-state index is -3.22. The predicted molar refractivity (Wildman–Crippen MR) is 122 cm³/mol. The monoisotopic (exact) mass is 720 g/mol. The maximum atomic E-state index is 10.5. The van der Waals surface area contributed by atoms with Crippen LogP contribution in [-0.4, -0.2) is 36.8 Å². The third kappa shape index (κ3) is 33.2. The Bertz CT molecular complexity index is 884. The molecule has 6 N–H and O–H groups in total. The number of ketones is 1. The summed E-state index contributed by atoms with van der Waals surface area (Å²) in [6, 6.07) is 0. The summed E-state index contributed by atoms with van der Waals surface area (Å²) in [6.07, 6.45) is 8.79. The number of aromatic amines is 1. The summed E-state index contributed by atoms with van der Waals surface area (Å²) in [5.74, 6) is -2.20. The van der Waals surface area contributed by atoms with Gasteiger partial charge in [0.2, 0.25) is 5.78 Å². The van der Waals surface area contributed by atoms with E-state index in [0.717, 1.165) is 12.6 Å². The van der Waals surface area contributed by atoms with E-state index in [1.807, 2.05) is 6.92 Å². The zero-order chi connectivity index (χ0) is 25.0. The molecule has 11 nitrogen and oxygen atoms in total. The van der Waals surface area contributed by atoms with Crippen molar-refractivity contribution in [2.24, 2.45) is 11.5 Å². The van der Waals surface area contributed by atoms with Gasteiger partial charge in [0.15, 0.2) is 0 Å². The first-order valence-electron chi connectivity index (χ1n) is 7.62. The van der Waals surface area contributed by atoms with Gasteiger partial charge in [0, 0.05) is 65.2 Å². The van der Waals surface area contributed by atoms with E-state index in [9.17, 15) is 18.9 Å². The number of hydrogen-bond acceptors (Lipinski definition) is 9. The molecule has 0 amide bonds. The smallest absolute Gasteiger partial charge is 0.371 e. The van der Waals surface area contributed by atoms with Crippen molar-refractivity contribution in [1.29, 1.82) is 0 Å². The molecule has 32 heavy (non-hydrogen) atoms. The normalized spacial score (nSPS) is 8.97. The van der Waals surface area contributed by atoms with Gasteiger partial charge in [0.1, 0.15) is 10.8 Å². The van der Waals surface area contributed by atoms with Gasteiger partial charge < -0.3 is 21.6 Å². The summed E-state index contributed by atoms with van der Waals surface area (Å²) >= 11 is 19.4. The molecule has 0 aliphatic carbocycles. The van der Waals surface area contributed by atoms with E-state index in [1.165, 1.54) is 18.6 Å². The number of Topliss-reactive ketones (excluding diaryl/α,β-unsaturated/α-hetero) is 1. The standard InChI is InChI=1S/C5H5ClN2.C5H6N2O.C3H4O3.C2H6N2.Cl3OP.W/c1-4-5(6)8-3-2-7-4;1-4-5(8)7-3-2-6-4;1-2(4)3(5)6;3-1-2-4;1-5(2,3)4;/h2-3H,1H3;2-3H,1H3,(H,7,8);1H3,(H,5,6);1-2H,3-4H2;;/b;;;2-1-;;. The molecular formula is C15H21Cl4N6O5PW. The second-order valence-corrected chi connectivity index (χ2v) is 11.6. The van der Waals surface area contributed by atoms with E-state index < -0.39 is 17.0 Å². The van der Waals surface area contributed by atoms with Crippen LogP contribution in [0.5, 0.6) is 0 Å². The van der Waals surface area contributed by atoms with Gasteiger partial charge in [-0.25, -0.2) is 9.78 Å². The summed E-state index contributed by atoms with van der Waals surface area (Å²) in [5.41, 5.74) is 10.6. The van der Waals surface area contributed by atoms with Gasteiger partial charge in [-0.1, -0.05) is 11.6 Å². The van der Waals surface area contributed by atoms with Crippen LogP contribution in [0.2, 0.25) is 5.15 Å². The predicted octanol–water partition coefficient (Wildman–Crippen LogP) is 3.36. The van der Waals surface area contributed by atoms with Crippen LogP contribution in [0.15, 0.2) is 42.0 Å². The number of aromatic nitrogens is 4. The molecule has 2 aromatic rings. The zero-order valence-electron chi connectivity index (χ0n) is 16.9. The largest absolute Gasteiger partial charge is 0.476 e. The molecule has 180 valence electrons. The summed E-state index contributed by atoms with van der Waals surface area (Å²) in [5, 5.41) is 4.90. The van der Waals surface area contributed by atoms with Gasteiger partial charge in [-0.2, -0.15) is 0 Å². The number of carbonyl (C=O) groups excluding carboxylic acids is 1. The number of nitrogens with one attached hydrogen (secondary N) is 1. The SMILES string of the molecule is CC(=O)C(=O)O.Cc1ncc[nH]c1=O.Cc1nccnc1Cl.N/C=C\N.O=P(Cl)(Cl)Cl.[W]. The topological polar surface area (TPSA) is 195 Å². The van der Waals surface area contributed by atoms with Gasteiger partial charge in [-0.15, -0.1) is 0 Å². The Labute approximate surface area is 217 Å². The van der Waals surface area contributed by atoms with Crippen LogP contribution in [0.25, 0.3) is 0 Å². The first-order chi connectivity index (χ1) is 14.2. The van der Waals surface area contributed by atoms with Crippen molar-refractivity contribution in [3.63, 3.8) is 0 Å². The summed E-state index contributed by atoms with van der Waals surface area (Å²) in [7, 11) is 0. The third-order valence-corrected chi connectivity index (χ3v) is 2.49. The average molecular weight is 722 g/mol. The Balaban J connectivity index is -0.000000156. The van der Waals surface area contributed by atoms with Crippen LogP contribution in [0, 0.1) is 13.8 Å². The van der Waals surface area contributed by atoms with Gasteiger partial charge in [0.05, 0.1) is 5.69 Å². The van der Waals surface area contributed by atoms with Gasteiger partial charge in [0.25, 0.3) is 5.56 Å². The second-order valence-electron chi connectivity index (χ2n) is 4.58. The maximum absolute atomic E-state index is 10.5. The first-order valence-corrected chi connectivity index (χ1v) is 12.4. The van der Waals surface area contributed by atoms with Gasteiger partial charge in [-0.05, 0) is 47.6 Å². The van der Waals surface area contributed by atoms with E-state index in [4.69, 9.17) is 28.2 Å². The van der Waals surface area contributed by atoms with Crippen molar-refractivity contribution in [3.8, 4) is 0 Å². The second kappa shape index (κ2) is 22.7. The molecule has 0 aliphatic heterocycles. The summed E-state index contributed by atoms with van der Waals surface area (Å²) in [4.78, 5) is 43.3. The van der Waals surface area contributed by atoms with E-state index in [0.29, 0.717) is 10.8 Å².